The Bertz CT molecular complexity index is 970. The summed E-state index contributed by atoms with van der Waals surface area (Å²) in [7, 11) is 0. The maximum Gasteiger partial charge on any atom is 0.322 e. The number of hydrogen-bond acceptors (Lipinski definition) is 6. The van der Waals surface area contributed by atoms with Gasteiger partial charge in [-0.05, 0) is 25.1 Å². The Morgan fingerprint density at radius 1 is 1.29 bits per heavy atom. The predicted molar refractivity (Wildman–Crippen MR) is 107 cm³/mol. The number of aliphatic carboxylic acids is 1. The van der Waals surface area contributed by atoms with Gasteiger partial charge in [0.05, 0.1) is 5.69 Å². The van der Waals surface area contributed by atoms with Crippen molar-refractivity contribution in [3.05, 3.63) is 57.5 Å². The fourth-order valence-corrected chi connectivity index (χ4v) is 2.76. The largest absolute Gasteiger partial charge is 0.505 e. The minimum absolute atomic E-state index is 0.294. The second-order valence-corrected chi connectivity index (χ2v) is 6.45. The summed E-state index contributed by atoms with van der Waals surface area (Å²) in [6, 6.07) is 4.79. The number of amides is 1. The maximum absolute atomic E-state index is 12.0. The van der Waals surface area contributed by atoms with Crippen molar-refractivity contribution in [3.63, 3.8) is 0 Å². The van der Waals surface area contributed by atoms with Crippen molar-refractivity contribution < 1.29 is 19.8 Å². The Labute approximate surface area is 170 Å². The van der Waals surface area contributed by atoms with Gasteiger partial charge in [0.2, 0.25) is 0 Å². The van der Waals surface area contributed by atoms with Gasteiger partial charge in [-0.3, -0.25) is 14.6 Å². The number of carbonyl (C=O) groups excluding carboxylic acids is 1. The molecule has 1 heterocycles. The van der Waals surface area contributed by atoms with Crippen molar-refractivity contribution in [2.75, 3.05) is 6.54 Å². The lowest BCUT2D eigenvalue weighted by Gasteiger charge is -2.11. The summed E-state index contributed by atoms with van der Waals surface area (Å²) in [6.45, 7) is 0.970. The Hall–Kier alpha value is -3.10. The highest BCUT2D eigenvalue weighted by atomic mass is 35.5. The Balaban J connectivity index is 2.32. The van der Waals surface area contributed by atoms with Crippen LogP contribution in [0.4, 0.5) is 5.69 Å². The molecule has 0 aliphatic heterocycles. The minimum Gasteiger partial charge on any atom is -0.505 e. The van der Waals surface area contributed by atoms with Gasteiger partial charge in [0.25, 0.3) is 5.91 Å². The van der Waals surface area contributed by atoms with E-state index in [1.54, 1.807) is 25.1 Å². The second-order valence-electron chi connectivity index (χ2n) is 5.58. The van der Waals surface area contributed by atoms with Gasteiger partial charge >= 0.3 is 5.97 Å². The van der Waals surface area contributed by atoms with Crippen molar-refractivity contribution in [1.29, 1.82) is 0 Å². The van der Waals surface area contributed by atoms with E-state index in [9.17, 15) is 14.7 Å². The van der Waals surface area contributed by atoms with E-state index in [1.165, 1.54) is 18.6 Å². The average molecular weight is 423 g/mol. The molecule has 10 heteroatoms. The molecule has 0 saturated carbocycles. The fourth-order valence-electron chi connectivity index (χ4n) is 2.25. The fraction of sp³-hybridized carbons (Fsp3) is 0.111. The Morgan fingerprint density at radius 3 is 2.50 bits per heavy atom. The van der Waals surface area contributed by atoms with Crippen LogP contribution >= 0.6 is 23.2 Å². The highest BCUT2D eigenvalue weighted by Gasteiger charge is 2.18. The van der Waals surface area contributed by atoms with Crippen LogP contribution in [0.25, 0.3) is 5.57 Å². The third-order valence-corrected chi connectivity index (χ3v) is 4.05. The predicted octanol–water partition coefficient (Wildman–Crippen LogP) is 2.92. The van der Waals surface area contributed by atoms with Crippen molar-refractivity contribution in [2.24, 2.45) is 10.7 Å². The van der Waals surface area contributed by atoms with E-state index in [-0.39, 0.29) is 11.4 Å². The number of allylic oxidation sites excluding steroid dienone is 1. The minimum atomic E-state index is -1.22. The molecule has 1 aromatic heterocycles. The molecule has 28 heavy (non-hydrogen) atoms. The third-order valence-electron chi connectivity index (χ3n) is 3.61. The summed E-state index contributed by atoms with van der Waals surface area (Å²) in [5.41, 5.74) is 7.05. The van der Waals surface area contributed by atoms with Crippen LogP contribution < -0.4 is 11.1 Å². The zero-order valence-electron chi connectivity index (χ0n) is 14.6. The number of hydrogen-bond donors (Lipinski definition) is 4. The summed E-state index contributed by atoms with van der Waals surface area (Å²) in [6.07, 6.45) is 4.04. The Morgan fingerprint density at radius 2 is 1.93 bits per heavy atom. The van der Waals surface area contributed by atoms with Crippen LogP contribution in [0.2, 0.25) is 10.0 Å². The molecule has 2 rings (SSSR count). The molecule has 5 N–H and O–H groups in total. The first-order chi connectivity index (χ1) is 13.2. The van der Waals surface area contributed by atoms with Crippen molar-refractivity contribution in [1.82, 2.24) is 10.3 Å². The van der Waals surface area contributed by atoms with E-state index in [4.69, 9.17) is 34.0 Å². The molecule has 0 aliphatic rings. The number of aliphatic imine (C=N–C) groups is 1. The van der Waals surface area contributed by atoms with E-state index in [2.05, 4.69) is 15.3 Å². The van der Waals surface area contributed by atoms with E-state index in [1.807, 2.05) is 0 Å². The van der Waals surface area contributed by atoms with Crippen LogP contribution in [0.15, 0.2) is 35.6 Å². The van der Waals surface area contributed by atoms with Gasteiger partial charge in [0, 0.05) is 45.4 Å². The van der Waals surface area contributed by atoms with Gasteiger partial charge < -0.3 is 21.3 Å². The molecular formula is C18H16Cl2N4O4. The van der Waals surface area contributed by atoms with Gasteiger partial charge in [0.15, 0.2) is 5.69 Å². The van der Waals surface area contributed by atoms with Gasteiger partial charge in [-0.15, -0.1) is 0 Å². The van der Waals surface area contributed by atoms with Crippen LogP contribution in [0.1, 0.15) is 21.6 Å². The van der Waals surface area contributed by atoms with E-state index >= 15 is 0 Å². The lowest BCUT2D eigenvalue weighted by molar-refractivity contribution is -0.135. The highest BCUT2D eigenvalue weighted by Crippen LogP contribution is 2.28. The van der Waals surface area contributed by atoms with Gasteiger partial charge in [-0.2, -0.15) is 0 Å². The molecule has 1 amide bonds. The normalized spacial score (nSPS) is 11.6. The third kappa shape index (κ3) is 5.21. The lowest BCUT2D eigenvalue weighted by Crippen LogP contribution is -2.30. The zero-order valence-corrected chi connectivity index (χ0v) is 16.1. The first-order valence-electron chi connectivity index (χ1n) is 7.84. The number of carbonyl (C=O) groups is 2. The first-order valence-corrected chi connectivity index (χ1v) is 8.59. The van der Waals surface area contributed by atoms with Crippen LogP contribution in [0, 0.1) is 6.92 Å². The summed E-state index contributed by atoms with van der Waals surface area (Å²) in [5, 5.41) is 21.9. The van der Waals surface area contributed by atoms with Crippen molar-refractivity contribution >= 4 is 52.6 Å². The topological polar surface area (TPSA) is 138 Å². The van der Waals surface area contributed by atoms with Crippen LogP contribution in [-0.2, 0) is 4.79 Å². The average Bonchev–Trinajstić information content (AvgIpc) is 2.62. The summed E-state index contributed by atoms with van der Waals surface area (Å²) >= 11 is 11.9. The number of aromatic nitrogens is 1. The highest BCUT2D eigenvalue weighted by molar-refractivity contribution is 6.35. The number of aromatic hydroxyl groups is 1. The molecule has 0 aliphatic carbocycles. The molecule has 0 saturated heterocycles. The number of carboxylic acid groups (broad SMARTS) is 1. The molecule has 146 valence electrons. The SMILES string of the molecule is Cc1c(/C(C=Nc2cc(Cl)cc(Cl)c2)=C/N)cnc(C(=O)NCC(=O)O)c1O. The molecule has 0 fully saturated rings. The molecule has 0 spiro atoms. The lowest BCUT2D eigenvalue weighted by atomic mass is 10.0. The maximum atomic E-state index is 12.0. The zero-order chi connectivity index (χ0) is 20.8. The number of benzene rings is 1. The van der Waals surface area contributed by atoms with Gasteiger partial charge in [-0.1, -0.05) is 23.2 Å². The van der Waals surface area contributed by atoms with Gasteiger partial charge in [-0.25, -0.2) is 4.98 Å². The number of pyridine rings is 1. The van der Waals surface area contributed by atoms with E-state index in [0.717, 1.165) is 0 Å². The smallest absolute Gasteiger partial charge is 0.322 e. The first kappa shape index (κ1) is 21.2. The standard InChI is InChI=1S/C18H16Cl2N4O4/c1-9-14(7-23-16(17(9)27)18(28)24-8-15(25)26)10(5-21)6-22-13-3-11(19)2-12(20)4-13/h2-7,27H,8,21H2,1H3,(H,24,28)(H,25,26)/b10-5+,22-6?. The molecule has 0 bridgehead atoms. The molecule has 0 radical (unpaired) electrons. The number of nitrogens with zero attached hydrogens (tertiary/aromatic N) is 2. The number of rotatable bonds is 6. The van der Waals surface area contributed by atoms with Crippen LogP contribution in [0.3, 0.4) is 0 Å². The van der Waals surface area contributed by atoms with E-state index in [0.29, 0.717) is 32.4 Å². The second kappa shape index (κ2) is 9.20. The number of halogens is 2. The summed E-state index contributed by atoms with van der Waals surface area (Å²) in [5.74, 6) is -2.42. The molecule has 8 nitrogen and oxygen atoms in total. The monoisotopic (exact) mass is 422 g/mol. The molecule has 1 aromatic carbocycles. The van der Waals surface area contributed by atoms with E-state index < -0.39 is 18.4 Å². The van der Waals surface area contributed by atoms with Crippen molar-refractivity contribution in [2.45, 2.75) is 6.92 Å². The quantitative estimate of drug-likeness (QED) is 0.527. The van der Waals surface area contributed by atoms with Crippen LogP contribution in [0.5, 0.6) is 5.75 Å². The van der Waals surface area contributed by atoms with Gasteiger partial charge in [0.1, 0.15) is 12.3 Å². The van der Waals surface area contributed by atoms with Crippen LogP contribution in [-0.4, -0.2) is 39.8 Å². The van der Waals surface area contributed by atoms with Crippen molar-refractivity contribution in [3.8, 4) is 5.75 Å². The molecular weight excluding hydrogens is 407 g/mol. The molecule has 0 atom stereocenters. The number of carboxylic acids is 1. The number of nitrogens with one attached hydrogen (secondary N) is 1. The number of nitrogens with two attached hydrogens (primary N) is 1. The summed E-state index contributed by atoms with van der Waals surface area (Å²) < 4.78 is 0. The Kier molecular flexibility index (Phi) is 6.97. The molecule has 0 unspecified atom stereocenters. The molecule has 2 aromatic rings. The summed E-state index contributed by atoms with van der Waals surface area (Å²) in [4.78, 5) is 30.7.